The lowest BCUT2D eigenvalue weighted by Gasteiger charge is -2.37. The molecular weight excluding hydrogens is 224 g/mol. The third kappa shape index (κ3) is 2.10. The summed E-state index contributed by atoms with van der Waals surface area (Å²) in [4.78, 5) is 37.6. The second-order valence-corrected chi connectivity index (χ2v) is 4.47. The van der Waals surface area contributed by atoms with Gasteiger partial charge < -0.3 is 21.3 Å². The Hall–Kier alpha value is -1.63. The van der Waals surface area contributed by atoms with Gasteiger partial charge in [-0.1, -0.05) is 0 Å². The molecule has 3 amide bonds. The number of rotatable bonds is 3. The summed E-state index contributed by atoms with van der Waals surface area (Å²) in [6.45, 7) is 0.658. The molecule has 0 aliphatic carbocycles. The normalized spacial score (nSPS) is 26.1. The number of hydrogen-bond acceptors (Lipinski definition) is 4. The van der Waals surface area contributed by atoms with E-state index in [0.717, 1.165) is 6.42 Å². The maximum atomic E-state index is 12.0. The second kappa shape index (κ2) is 4.33. The van der Waals surface area contributed by atoms with Crippen LogP contribution in [-0.2, 0) is 14.4 Å². The van der Waals surface area contributed by atoms with E-state index in [1.807, 2.05) is 0 Å². The van der Waals surface area contributed by atoms with Crippen LogP contribution < -0.4 is 11.5 Å². The topological polar surface area (TPSA) is 110 Å². The fourth-order valence-corrected chi connectivity index (χ4v) is 2.35. The third-order valence-electron chi connectivity index (χ3n) is 3.28. The highest BCUT2D eigenvalue weighted by Crippen LogP contribution is 2.23. The molecule has 7 nitrogen and oxygen atoms in total. The Morgan fingerprint density at radius 3 is 2.82 bits per heavy atom. The lowest BCUT2D eigenvalue weighted by atomic mass is 10.1. The maximum absolute atomic E-state index is 12.0. The standard InChI is InChI=1S/C10H16N4O3/c11-6(9(12)16)4-13-5-8(15)14-3-1-2-7(14)10(13)17/h6-7H,1-5,11H2,(H2,12,16). The first-order valence-corrected chi connectivity index (χ1v) is 5.64. The van der Waals surface area contributed by atoms with Crippen molar-refractivity contribution in [3.05, 3.63) is 0 Å². The fraction of sp³-hybridized carbons (Fsp3) is 0.700. The van der Waals surface area contributed by atoms with E-state index in [2.05, 4.69) is 0 Å². The minimum atomic E-state index is -0.917. The second-order valence-electron chi connectivity index (χ2n) is 4.47. The van der Waals surface area contributed by atoms with Gasteiger partial charge in [-0.3, -0.25) is 14.4 Å². The number of carbonyl (C=O) groups excluding carboxylic acids is 3. The molecular formula is C10H16N4O3. The minimum absolute atomic E-state index is 0.00366. The number of carbonyl (C=O) groups is 3. The van der Waals surface area contributed by atoms with E-state index in [-0.39, 0.29) is 30.9 Å². The van der Waals surface area contributed by atoms with Crippen LogP contribution in [0.2, 0.25) is 0 Å². The van der Waals surface area contributed by atoms with Gasteiger partial charge in [0.15, 0.2) is 0 Å². The van der Waals surface area contributed by atoms with E-state index >= 15 is 0 Å². The molecule has 17 heavy (non-hydrogen) atoms. The van der Waals surface area contributed by atoms with Gasteiger partial charge in [-0.15, -0.1) is 0 Å². The predicted octanol–water partition coefficient (Wildman–Crippen LogP) is -2.37. The van der Waals surface area contributed by atoms with Gasteiger partial charge in [0.1, 0.15) is 12.1 Å². The molecule has 0 bridgehead atoms. The average Bonchev–Trinajstić information content (AvgIpc) is 2.74. The molecule has 7 heteroatoms. The summed E-state index contributed by atoms with van der Waals surface area (Å²) in [6.07, 6.45) is 1.53. The Labute approximate surface area is 98.7 Å². The summed E-state index contributed by atoms with van der Waals surface area (Å²) in [6, 6.07) is -1.28. The monoisotopic (exact) mass is 240 g/mol. The van der Waals surface area contributed by atoms with Crippen molar-refractivity contribution in [2.24, 2.45) is 11.5 Å². The van der Waals surface area contributed by atoms with Crippen molar-refractivity contribution in [2.45, 2.75) is 24.9 Å². The SMILES string of the molecule is NC(=O)C(N)CN1CC(=O)N2CCCC2C1=O. The van der Waals surface area contributed by atoms with Gasteiger partial charge in [0, 0.05) is 13.1 Å². The summed E-state index contributed by atoms with van der Waals surface area (Å²) < 4.78 is 0. The van der Waals surface area contributed by atoms with Crippen LogP contribution in [0.5, 0.6) is 0 Å². The summed E-state index contributed by atoms with van der Waals surface area (Å²) in [5, 5.41) is 0. The largest absolute Gasteiger partial charge is 0.368 e. The third-order valence-corrected chi connectivity index (χ3v) is 3.28. The van der Waals surface area contributed by atoms with Crippen LogP contribution in [0.1, 0.15) is 12.8 Å². The molecule has 0 aromatic heterocycles. The molecule has 94 valence electrons. The summed E-state index contributed by atoms with van der Waals surface area (Å²) >= 11 is 0. The van der Waals surface area contributed by atoms with Gasteiger partial charge in [-0.2, -0.15) is 0 Å². The van der Waals surface area contributed by atoms with Crippen molar-refractivity contribution in [2.75, 3.05) is 19.6 Å². The van der Waals surface area contributed by atoms with Gasteiger partial charge in [0.25, 0.3) is 0 Å². The average molecular weight is 240 g/mol. The highest BCUT2D eigenvalue weighted by atomic mass is 16.2. The first-order chi connectivity index (χ1) is 8.00. The molecule has 2 aliphatic heterocycles. The van der Waals surface area contributed by atoms with Crippen molar-refractivity contribution >= 4 is 17.7 Å². The molecule has 2 aliphatic rings. The van der Waals surface area contributed by atoms with Crippen molar-refractivity contribution < 1.29 is 14.4 Å². The van der Waals surface area contributed by atoms with Crippen molar-refractivity contribution in [1.29, 1.82) is 0 Å². The summed E-state index contributed by atoms with van der Waals surface area (Å²) in [5.74, 6) is -0.873. The van der Waals surface area contributed by atoms with Crippen molar-refractivity contribution in [1.82, 2.24) is 9.80 Å². The zero-order valence-electron chi connectivity index (χ0n) is 9.46. The molecule has 0 aromatic rings. The predicted molar refractivity (Wildman–Crippen MR) is 58.5 cm³/mol. The molecule has 2 unspecified atom stereocenters. The van der Waals surface area contributed by atoms with Gasteiger partial charge in [-0.25, -0.2) is 0 Å². The molecule has 0 saturated carbocycles. The number of piperazine rings is 1. The van der Waals surface area contributed by atoms with Crippen LogP contribution in [0, 0.1) is 0 Å². The van der Waals surface area contributed by atoms with Crippen molar-refractivity contribution in [3.8, 4) is 0 Å². The number of primary amides is 1. The molecule has 2 heterocycles. The first kappa shape index (κ1) is 11.8. The van der Waals surface area contributed by atoms with E-state index in [9.17, 15) is 14.4 Å². The summed E-state index contributed by atoms with van der Waals surface area (Å²) in [5.41, 5.74) is 10.5. The van der Waals surface area contributed by atoms with E-state index in [4.69, 9.17) is 11.5 Å². The number of hydrogen-bond donors (Lipinski definition) is 2. The van der Waals surface area contributed by atoms with Crippen LogP contribution in [0.3, 0.4) is 0 Å². The Bertz CT molecular complexity index is 371. The van der Waals surface area contributed by atoms with Crippen LogP contribution in [0.15, 0.2) is 0 Å². The molecule has 2 saturated heterocycles. The molecule has 0 aromatic carbocycles. The van der Waals surface area contributed by atoms with E-state index in [0.29, 0.717) is 13.0 Å². The van der Waals surface area contributed by atoms with Crippen LogP contribution in [-0.4, -0.2) is 59.2 Å². The first-order valence-electron chi connectivity index (χ1n) is 5.64. The van der Waals surface area contributed by atoms with Gasteiger partial charge >= 0.3 is 0 Å². The Balaban J connectivity index is 2.07. The smallest absolute Gasteiger partial charge is 0.245 e. The summed E-state index contributed by atoms with van der Waals surface area (Å²) in [7, 11) is 0. The van der Waals surface area contributed by atoms with Crippen LogP contribution in [0.4, 0.5) is 0 Å². The molecule has 0 spiro atoms. The molecule has 4 N–H and O–H groups in total. The Morgan fingerprint density at radius 1 is 1.47 bits per heavy atom. The number of nitrogens with two attached hydrogens (primary N) is 2. The lowest BCUT2D eigenvalue weighted by molar-refractivity contribution is -0.154. The molecule has 2 fully saturated rings. The van der Waals surface area contributed by atoms with Crippen LogP contribution >= 0.6 is 0 Å². The fourth-order valence-electron chi connectivity index (χ4n) is 2.35. The van der Waals surface area contributed by atoms with Gasteiger partial charge in [0.05, 0.1) is 6.54 Å². The van der Waals surface area contributed by atoms with Gasteiger partial charge in [0.2, 0.25) is 17.7 Å². The highest BCUT2D eigenvalue weighted by molar-refractivity contribution is 5.95. The number of amides is 3. The molecule has 2 rings (SSSR count). The Kier molecular flexibility index (Phi) is 3.01. The Morgan fingerprint density at radius 2 is 2.18 bits per heavy atom. The molecule has 0 radical (unpaired) electrons. The maximum Gasteiger partial charge on any atom is 0.245 e. The molecule has 2 atom stereocenters. The number of nitrogens with zero attached hydrogens (tertiary/aromatic N) is 2. The zero-order chi connectivity index (χ0) is 12.6. The van der Waals surface area contributed by atoms with E-state index < -0.39 is 11.9 Å². The highest BCUT2D eigenvalue weighted by Gasteiger charge is 2.42. The zero-order valence-corrected chi connectivity index (χ0v) is 9.46. The lowest BCUT2D eigenvalue weighted by Crippen LogP contribution is -2.60. The van der Waals surface area contributed by atoms with E-state index in [1.54, 1.807) is 4.90 Å². The van der Waals surface area contributed by atoms with Crippen molar-refractivity contribution in [3.63, 3.8) is 0 Å². The van der Waals surface area contributed by atoms with E-state index in [1.165, 1.54) is 4.90 Å². The number of fused-ring (bicyclic) bond motifs is 1. The minimum Gasteiger partial charge on any atom is -0.368 e. The quantitative estimate of drug-likeness (QED) is 0.574. The van der Waals surface area contributed by atoms with Gasteiger partial charge in [-0.05, 0) is 12.8 Å². The van der Waals surface area contributed by atoms with Crippen LogP contribution in [0.25, 0.3) is 0 Å².